The van der Waals surface area contributed by atoms with Gasteiger partial charge < -0.3 is 0 Å². The normalized spacial score (nSPS) is 22.1. The van der Waals surface area contributed by atoms with Gasteiger partial charge in [-0.2, -0.15) is 17.4 Å². The predicted octanol–water partition coefficient (Wildman–Crippen LogP) is 1.88. The Morgan fingerprint density at radius 3 is 2.10 bits per heavy atom. The lowest BCUT2D eigenvalue weighted by atomic mass is 10.1. The Labute approximate surface area is 117 Å². The minimum Gasteiger partial charge on any atom is -0.207 e. The lowest BCUT2D eigenvalue weighted by molar-refractivity contribution is 0.448. The zero-order valence-electron chi connectivity index (χ0n) is 10.9. The molecule has 0 radical (unpaired) electrons. The van der Waals surface area contributed by atoms with Crippen LogP contribution in [0.3, 0.4) is 0 Å². The molecule has 1 aliphatic heterocycles. The van der Waals surface area contributed by atoms with E-state index in [1.807, 2.05) is 0 Å². The first-order chi connectivity index (χ1) is 9.41. The molecule has 1 saturated heterocycles. The second-order valence-corrected chi connectivity index (χ2v) is 7.12. The van der Waals surface area contributed by atoms with Crippen LogP contribution in [0.4, 0.5) is 8.78 Å². The summed E-state index contributed by atoms with van der Waals surface area (Å²) in [5.74, 6) is -1.38. The molecule has 1 heterocycles. The Kier molecular flexibility index (Phi) is 3.30. The molecule has 2 aliphatic rings. The summed E-state index contributed by atoms with van der Waals surface area (Å²) in [6.07, 6.45) is 2.82. The molecule has 1 aromatic rings. The molecule has 7 heteroatoms. The highest BCUT2D eigenvalue weighted by Crippen LogP contribution is 2.46. The minimum atomic E-state index is -3.59. The quantitative estimate of drug-likeness (QED) is 0.923. The highest BCUT2D eigenvalue weighted by atomic mass is 32.2. The average molecular weight is 302 g/mol. The first-order valence-electron chi connectivity index (χ1n) is 6.67. The fraction of sp³-hybridized carbons (Fsp3) is 0.538. The van der Waals surface area contributed by atoms with E-state index in [1.54, 1.807) is 0 Å². The second kappa shape index (κ2) is 4.75. The smallest absolute Gasteiger partial charge is 0.207 e. The summed E-state index contributed by atoms with van der Waals surface area (Å²) in [4.78, 5) is 0. The molecule has 1 aliphatic carbocycles. The van der Waals surface area contributed by atoms with Crippen molar-refractivity contribution in [3.63, 3.8) is 0 Å². The van der Waals surface area contributed by atoms with Crippen molar-refractivity contribution < 1.29 is 17.2 Å². The first kappa shape index (κ1) is 13.9. The standard InChI is InChI=1S/C13H16F2N2O2S/c14-11-7-10(8-12(15)9-11)13(3-4-13)16-20(18,19)17-5-1-2-6-17/h7-9,16H,1-6H2. The van der Waals surface area contributed by atoms with Crippen molar-refractivity contribution in [3.05, 3.63) is 35.4 Å². The maximum atomic E-state index is 13.3. The van der Waals surface area contributed by atoms with Crippen molar-refractivity contribution in [1.82, 2.24) is 9.03 Å². The van der Waals surface area contributed by atoms with Crippen molar-refractivity contribution in [2.45, 2.75) is 31.2 Å². The Hall–Kier alpha value is -1.05. The van der Waals surface area contributed by atoms with Crippen LogP contribution in [0.1, 0.15) is 31.2 Å². The molecule has 3 rings (SSSR count). The average Bonchev–Trinajstić information content (AvgIpc) is 2.91. The molecule has 0 unspecified atom stereocenters. The fourth-order valence-electron chi connectivity index (χ4n) is 2.64. The topological polar surface area (TPSA) is 49.4 Å². The molecule has 2 fully saturated rings. The molecule has 4 nitrogen and oxygen atoms in total. The van der Waals surface area contributed by atoms with Gasteiger partial charge in [0.25, 0.3) is 10.2 Å². The van der Waals surface area contributed by atoms with Crippen LogP contribution in [-0.2, 0) is 15.7 Å². The molecule has 0 atom stereocenters. The first-order valence-corrected chi connectivity index (χ1v) is 8.11. The van der Waals surface area contributed by atoms with Gasteiger partial charge in [0.05, 0.1) is 5.54 Å². The zero-order valence-corrected chi connectivity index (χ0v) is 11.7. The molecule has 0 spiro atoms. The summed E-state index contributed by atoms with van der Waals surface area (Å²) in [5, 5.41) is 0. The van der Waals surface area contributed by atoms with Gasteiger partial charge in [-0.1, -0.05) is 0 Å². The van der Waals surface area contributed by atoms with Crippen LogP contribution >= 0.6 is 0 Å². The number of nitrogens with zero attached hydrogens (tertiary/aromatic N) is 1. The van der Waals surface area contributed by atoms with Crippen LogP contribution in [0, 0.1) is 11.6 Å². The van der Waals surface area contributed by atoms with E-state index in [2.05, 4.69) is 4.72 Å². The molecule has 0 aromatic heterocycles. The highest BCUT2D eigenvalue weighted by Gasteiger charge is 2.49. The Morgan fingerprint density at radius 2 is 1.60 bits per heavy atom. The molecule has 1 aromatic carbocycles. The number of halogens is 2. The Balaban J connectivity index is 1.86. The summed E-state index contributed by atoms with van der Waals surface area (Å²) >= 11 is 0. The van der Waals surface area contributed by atoms with Gasteiger partial charge >= 0.3 is 0 Å². The molecule has 0 amide bonds. The predicted molar refractivity (Wildman–Crippen MR) is 70.1 cm³/mol. The summed E-state index contributed by atoms with van der Waals surface area (Å²) in [6, 6.07) is 3.18. The van der Waals surface area contributed by atoms with E-state index in [9.17, 15) is 17.2 Å². The Morgan fingerprint density at radius 1 is 1.05 bits per heavy atom. The van der Waals surface area contributed by atoms with E-state index in [1.165, 1.54) is 16.4 Å². The number of hydrogen-bond donors (Lipinski definition) is 1. The van der Waals surface area contributed by atoms with Crippen LogP contribution in [0.5, 0.6) is 0 Å². The van der Waals surface area contributed by atoms with Crippen LogP contribution in [0.15, 0.2) is 18.2 Å². The zero-order chi connectivity index (χ0) is 14.4. The van der Waals surface area contributed by atoms with Crippen LogP contribution < -0.4 is 4.72 Å². The fourth-order valence-corrected chi connectivity index (χ4v) is 4.33. The largest absolute Gasteiger partial charge is 0.280 e. The molecule has 1 N–H and O–H groups in total. The monoisotopic (exact) mass is 302 g/mol. The van der Waals surface area contributed by atoms with Crippen molar-refractivity contribution in [3.8, 4) is 0 Å². The highest BCUT2D eigenvalue weighted by molar-refractivity contribution is 7.87. The summed E-state index contributed by atoms with van der Waals surface area (Å²) in [5.41, 5.74) is -0.484. The third-order valence-corrected chi connectivity index (χ3v) is 5.59. The molecular formula is C13H16F2N2O2S. The van der Waals surface area contributed by atoms with Crippen molar-refractivity contribution in [2.24, 2.45) is 0 Å². The van der Waals surface area contributed by atoms with Crippen LogP contribution in [0.2, 0.25) is 0 Å². The van der Waals surface area contributed by atoms with Crippen LogP contribution in [0.25, 0.3) is 0 Å². The van der Waals surface area contributed by atoms with E-state index < -0.39 is 27.4 Å². The lowest BCUT2D eigenvalue weighted by Crippen LogP contribution is -2.44. The number of hydrogen-bond acceptors (Lipinski definition) is 2. The van der Waals surface area contributed by atoms with E-state index in [4.69, 9.17) is 0 Å². The molecular weight excluding hydrogens is 286 g/mol. The molecule has 20 heavy (non-hydrogen) atoms. The van der Waals surface area contributed by atoms with Crippen molar-refractivity contribution in [2.75, 3.05) is 13.1 Å². The molecule has 110 valence electrons. The lowest BCUT2D eigenvalue weighted by Gasteiger charge is -2.23. The van der Waals surface area contributed by atoms with Crippen molar-refractivity contribution >= 4 is 10.2 Å². The SMILES string of the molecule is O=S(=O)(NC1(c2cc(F)cc(F)c2)CC1)N1CCCC1. The van der Waals surface area contributed by atoms with Gasteiger partial charge in [0.1, 0.15) is 11.6 Å². The number of rotatable bonds is 4. The maximum absolute atomic E-state index is 13.3. The second-order valence-electron chi connectivity index (χ2n) is 5.45. The van der Waals surface area contributed by atoms with E-state index in [0.29, 0.717) is 31.5 Å². The number of nitrogens with one attached hydrogen (secondary N) is 1. The minimum absolute atomic E-state index is 0.359. The van der Waals surface area contributed by atoms with Gasteiger partial charge in [-0.05, 0) is 43.4 Å². The summed E-state index contributed by atoms with van der Waals surface area (Å²) < 4.78 is 55.1. The summed E-state index contributed by atoms with van der Waals surface area (Å²) in [6.45, 7) is 1.01. The van der Waals surface area contributed by atoms with Gasteiger partial charge in [0.2, 0.25) is 0 Å². The number of benzene rings is 1. The van der Waals surface area contributed by atoms with Gasteiger partial charge in [-0.15, -0.1) is 0 Å². The van der Waals surface area contributed by atoms with E-state index in [-0.39, 0.29) is 0 Å². The molecule has 0 bridgehead atoms. The van der Waals surface area contributed by atoms with Gasteiger partial charge in [-0.3, -0.25) is 0 Å². The van der Waals surface area contributed by atoms with E-state index >= 15 is 0 Å². The molecule has 1 saturated carbocycles. The van der Waals surface area contributed by atoms with Crippen LogP contribution in [-0.4, -0.2) is 25.8 Å². The Bertz CT molecular complexity index is 603. The third kappa shape index (κ3) is 2.57. The van der Waals surface area contributed by atoms with Gasteiger partial charge in [-0.25, -0.2) is 8.78 Å². The van der Waals surface area contributed by atoms with E-state index in [0.717, 1.165) is 18.9 Å². The van der Waals surface area contributed by atoms with Gasteiger partial charge in [0.15, 0.2) is 0 Å². The van der Waals surface area contributed by atoms with Crippen molar-refractivity contribution in [1.29, 1.82) is 0 Å². The summed E-state index contributed by atoms with van der Waals surface area (Å²) in [7, 11) is -3.59. The van der Waals surface area contributed by atoms with Gasteiger partial charge in [0, 0.05) is 19.2 Å². The maximum Gasteiger partial charge on any atom is 0.280 e. The third-order valence-electron chi connectivity index (χ3n) is 3.89.